The van der Waals surface area contributed by atoms with Gasteiger partial charge < -0.3 is 14.6 Å². The second-order valence-electron chi connectivity index (χ2n) is 4.01. The number of ether oxygens (including phenoxy) is 1. The maximum absolute atomic E-state index is 13.2. The van der Waals surface area contributed by atoms with E-state index in [9.17, 15) is 4.39 Å². The number of rotatable bonds is 5. The van der Waals surface area contributed by atoms with E-state index in [1.54, 1.807) is 12.3 Å². The standard InChI is InChI=1S/C13H16FN3O/c1-17-6-5-16-13(17)3-4-15-11-7-10(14)8-12(9-11)18-2/h5-9,15H,3-4H2,1-2H3. The number of hydrogen-bond acceptors (Lipinski definition) is 3. The molecule has 0 aliphatic rings. The van der Waals surface area contributed by atoms with Crippen LogP contribution in [0.4, 0.5) is 10.1 Å². The maximum Gasteiger partial charge on any atom is 0.128 e. The van der Waals surface area contributed by atoms with Gasteiger partial charge in [-0.3, -0.25) is 0 Å². The molecule has 2 rings (SSSR count). The Kier molecular flexibility index (Phi) is 3.82. The summed E-state index contributed by atoms with van der Waals surface area (Å²) in [7, 11) is 3.47. The summed E-state index contributed by atoms with van der Waals surface area (Å²) in [4.78, 5) is 4.22. The highest BCUT2D eigenvalue weighted by Crippen LogP contribution is 2.19. The summed E-state index contributed by atoms with van der Waals surface area (Å²) in [6.07, 6.45) is 4.45. The molecule has 0 aliphatic heterocycles. The summed E-state index contributed by atoms with van der Waals surface area (Å²) >= 11 is 0. The Bertz CT molecular complexity index is 525. The van der Waals surface area contributed by atoms with Crippen molar-refractivity contribution in [1.29, 1.82) is 0 Å². The summed E-state index contributed by atoms with van der Waals surface area (Å²) in [5, 5.41) is 3.15. The molecule has 0 saturated carbocycles. The van der Waals surface area contributed by atoms with E-state index in [0.29, 0.717) is 18.0 Å². The average Bonchev–Trinajstić information content (AvgIpc) is 2.74. The molecule has 0 fully saturated rings. The molecule has 2 aromatic rings. The normalized spacial score (nSPS) is 10.4. The van der Waals surface area contributed by atoms with Crippen LogP contribution in [0.2, 0.25) is 0 Å². The van der Waals surface area contributed by atoms with Crippen molar-refractivity contribution in [1.82, 2.24) is 9.55 Å². The number of nitrogens with one attached hydrogen (secondary N) is 1. The number of benzene rings is 1. The fourth-order valence-electron chi connectivity index (χ4n) is 1.74. The Hall–Kier alpha value is -2.04. The number of methoxy groups -OCH3 is 1. The summed E-state index contributed by atoms with van der Waals surface area (Å²) < 4.78 is 20.2. The highest BCUT2D eigenvalue weighted by molar-refractivity contribution is 5.48. The van der Waals surface area contributed by atoms with Gasteiger partial charge in [-0.25, -0.2) is 9.37 Å². The molecule has 0 bridgehead atoms. The van der Waals surface area contributed by atoms with Gasteiger partial charge in [0.25, 0.3) is 0 Å². The minimum atomic E-state index is -0.311. The van der Waals surface area contributed by atoms with Gasteiger partial charge in [-0.1, -0.05) is 0 Å². The Morgan fingerprint density at radius 3 is 2.89 bits per heavy atom. The molecule has 1 heterocycles. The minimum absolute atomic E-state index is 0.311. The van der Waals surface area contributed by atoms with Gasteiger partial charge in [0.05, 0.1) is 7.11 Å². The van der Waals surface area contributed by atoms with E-state index >= 15 is 0 Å². The van der Waals surface area contributed by atoms with Gasteiger partial charge >= 0.3 is 0 Å². The molecule has 0 unspecified atom stereocenters. The van der Waals surface area contributed by atoms with Gasteiger partial charge in [0, 0.05) is 50.2 Å². The third kappa shape index (κ3) is 3.00. The smallest absolute Gasteiger partial charge is 0.128 e. The molecular formula is C13H16FN3O. The minimum Gasteiger partial charge on any atom is -0.497 e. The molecule has 0 radical (unpaired) electrons. The lowest BCUT2D eigenvalue weighted by Gasteiger charge is -2.08. The van der Waals surface area contributed by atoms with Crippen molar-refractivity contribution in [3.63, 3.8) is 0 Å². The van der Waals surface area contributed by atoms with Crippen LogP contribution in [0.3, 0.4) is 0 Å². The molecule has 1 aromatic carbocycles. The number of hydrogen-bond donors (Lipinski definition) is 1. The number of imidazole rings is 1. The lowest BCUT2D eigenvalue weighted by molar-refractivity contribution is 0.411. The van der Waals surface area contributed by atoms with Crippen LogP contribution >= 0.6 is 0 Å². The van der Waals surface area contributed by atoms with Gasteiger partial charge in [0.2, 0.25) is 0 Å². The highest BCUT2D eigenvalue weighted by Gasteiger charge is 2.02. The van der Waals surface area contributed by atoms with E-state index in [1.807, 2.05) is 17.8 Å². The predicted molar refractivity (Wildman–Crippen MR) is 68.4 cm³/mol. The van der Waals surface area contributed by atoms with E-state index in [0.717, 1.165) is 12.2 Å². The van der Waals surface area contributed by atoms with E-state index < -0.39 is 0 Å². The lowest BCUT2D eigenvalue weighted by atomic mass is 10.2. The van der Waals surface area contributed by atoms with Crippen LogP contribution in [0.1, 0.15) is 5.82 Å². The van der Waals surface area contributed by atoms with Crippen LogP contribution in [0.15, 0.2) is 30.6 Å². The molecular weight excluding hydrogens is 233 g/mol. The maximum atomic E-state index is 13.2. The van der Waals surface area contributed by atoms with Crippen LogP contribution in [-0.2, 0) is 13.5 Å². The Balaban J connectivity index is 1.94. The van der Waals surface area contributed by atoms with Crippen molar-refractivity contribution in [3.8, 4) is 5.75 Å². The number of nitrogens with zero attached hydrogens (tertiary/aromatic N) is 2. The summed E-state index contributed by atoms with van der Waals surface area (Å²) in [6, 6.07) is 4.56. The molecule has 0 amide bonds. The van der Waals surface area contributed by atoms with Crippen molar-refractivity contribution in [2.45, 2.75) is 6.42 Å². The first-order chi connectivity index (χ1) is 8.69. The van der Waals surface area contributed by atoms with Gasteiger partial charge in [0.15, 0.2) is 0 Å². The van der Waals surface area contributed by atoms with Crippen LogP contribution in [-0.4, -0.2) is 23.2 Å². The monoisotopic (exact) mass is 249 g/mol. The number of halogens is 1. The number of anilines is 1. The predicted octanol–water partition coefficient (Wildman–Crippen LogP) is 2.22. The zero-order chi connectivity index (χ0) is 13.0. The van der Waals surface area contributed by atoms with E-state index in [4.69, 9.17) is 4.74 Å². The van der Waals surface area contributed by atoms with Crippen molar-refractivity contribution >= 4 is 5.69 Å². The fourth-order valence-corrected chi connectivity index (χ4v) is 1.74. The van der Waals surface area contributed by atoms with Crippen molar-refractivity contribution in [2.24, 2.45) is 7.05 Å². The summed E-state index contributed by atoms with van der Waals surface area (Å²) in [5.41, 5.74) is 0.709. The molecule has 0 spiro atoms. The Labute approximate surface area is 105 Å². The van der Waals surface area contributed by atoms with Crippen LogP contribution in [0, 0.1) is 5.82 Å². The molecule has 96 valence electrons. The zero-order valence-corrected chi connectivity index (χ0v) is 10.5. The SMILES string of the molecule is COc1cc(F)cc(NCCc2nccn2C)c1. The van der Waals surface area contributed by atoms with E-state index in [2.05, 4.69) is 10.3 Å². The summed E-state index contributed by atoms with van der Waals surface area (Å²) in [5.74, 6) is 1.19. The quantitative estimate of drug-likeness (QED) is 0.883. The Morgan fingerprint density at radius 2 is 2.22 bits per heavy atom. The van der Waals surface area contributed by atoms with Gasteiger partial charge in [-0.2, -0.15) is 0 Å². The molecule has 0 aliphatic carbocycles. The van der Waals surface area contributed by atoms with Crippen LogP contribution in [0.5, 0.6) is 5.75 Å². The molecule has 4 nitrogen and oxygen atoms in total. The number of aromatic nitrogens is 2. The Morgan fingerprint density at radius 1 is 1.39 bits per heavy atom. The van der Waals surface area contributed by atoms with Gasteiger partial charge in [-0.15, -0.1) is 0 Å². The summed E-state index contributed by atoms with van der Waals surface area (Å²) in [6.45, 7) is 0.692. The van der Waals surface area contributed by atoms with Gasteiger partial charge in [-0.05, 0) is 6.07 Å². The topological polar surface area (TPSA) is 39.1 Å². The zero-order valence-electron chi connectivity index (χ0n) is 10.5. The molecule has 0 atom stereocenters. The first kappa shape index (κ1) is 12.4. The van der Waals surface area contributed by atoms with Crippen molar-refractivity contribution in [3.05, 3.63) is 42.2 Å². The van der Waals surface area contributed by atoms with Crippen LogP contribution < -0.4 is 10.1 Å². The van der Waals surface area contributed by atoms with Crippen molar-refractivity contribution < 1.29 is 9.13 Å². The largest absolute Gasteiger partial charge is 0.497 e. The number of aryl methyl sites for hydroxylation is 1. The first-order valence-electron chi connectivity index (χ1n) is 5.73. The lowest BCUT2D eigenvalue weighted by Crippen LogP contribution is -2.08. The van der Waals surface area contributed by atoms with E-state index in [1.165, 1.54) is 19.2 Å². The third-order valence-corrected chi connectivity index (χ3v) is 2.71. The third-order valence-electron chi connectivity index (χ3n) is 2.71. The highest BCUT2D eigenvalue weighted by atomic mass is 19.1. The van der Waals surface area contributed by atoms with Gasteiger partial charge in [0.1, 0.15) is 17.4 Å². The molecule has 1 aromatic heterocycles. The fraction of sp³-hybridized carbons (Fsp3) is 0.308. The molecule has 18 heavy (non-hydrogen) atoms. The molecule has 0 saturated heterocycles. The van der Waals surface area contributed by atoms with Crippen LogP contribution in [0.25, 0.3) is 0 Å². The molecule has 5 heteroatoms. The van der Waals surface area contributed by atoms with Crippen molar-refractivity contribution in [2.75, 3.05) is 19.0 Å². The average molecular weight is 249 g/mol. The van der Waals surface area contributed by atoms with E-state index in [-0.39, 0.29) is 5.82 Å². The first-order valence-corrected chi connectivity index (χ1v) is 5.73. The second kappa shape index (κ2) is 5.53. The second-order valence-corrected chi connectivity index (χ2v) is 4.01. The molecule has 1 N–H and O–H groups in total.